The van der Waals surface area contributed by atoms with E-state index in [1.54, 1.807) is 7.11 Å². The molecule has 0 amide bonds. The van der Waals surface area contributed by atoms with E-state index in [1.165, 1.54) is 61.0 Å². The lowest BCUT2D eigenvalue weighted by molar-refractivity contribution is 0.332. The van der Waals surface area contributed by atoms with Crippen molar-refractivity contribution >= 4 is 0 Å². The second-order valence-corrected chi connectivity index (χ2v) is 9.36. The molecule has 3 aromatic carbocycles. The van der Waals surface area contributed by atoms with Gasteiger partial charge in [-0.1, -0.05) is 54.6 Å². The molecule has 3 heteroatoms. The van der Waals surface area contributed by atoms with Gasteiger partial charge >= 0.3 is 0 Å². The van der Waals surface area contributed by atoms with Crippen LogP contribution in [0.25, 0.3) is 0 Å². The third-order valence-electron chi connectivity index (χ3n) is 7.42. The van der Waals surface area contributed by atoms with Crippen molar-refractivity contribution in [3.8, 4) is 11.5 Å². The largest absolute Gasteiger partial charge is 0.497 e. The fraction of sp³-hybridized carbons (Fsp3) is 0.400. The van der Waals surface area contributed by atoms with Crippen LogP contribution in [0.5, 0.6) is 11.5 Å². The first-order valence-electron chi connectivity index (χ1n) is 12.5. The molecule has 0 aromatic heterocycles. The molecule has 3 aromatic rings. The third kappa shape index (κ3) is 4.79. The van der Waals surface area contributed by atoms with Crippen LogP contribution in [0.4, 0.5) is 0 Å². The van der Waals surface area contributed by atoms with Crippen LogP contribution in [-0.2, 0) is 6.42 Å². The van der Waals surface area contributed by atoms with Crippen molar-refractivity contribution in [2.24, 2.45) is 0 Å². The van der Waals surface area contributed by atoms with E-state index in [0.29, 0.717) is 12.5 Å². The topological polar surface area (TPSA) is 21.5 Å². The highest BCUT2D eigenvalue weighted by molar-refractivity contribution is 5.48. The highest BCUT2D eigenvalue weighted by atomic mass is 16.5. The highest BCUT2D eigenvalue weighted by Gasteiger charge is 2.41. The van der Waals surface area contributed by atoms with E-state index in [4.69, 9.17) is 9.47 Å². The number of nitrogens with zero attached hydrogens (tertiary/aromatic N) is 1. The van der Waals surface area contributed by atoms with E-state index in [1.807, 2.05) is 0 Å². The molecule has 33 heavy (non-hydrogen) atoms. The van der Waals surface area contributed by atoms with Crippen molar-refractivity contribution in [2.45, 2.75) is 50.5 Å². The zero-order chi connectivity index (χ0) is 22.6. The van der Waals surface area contributed by atoms with Crippen LogP contribution in [0.15, 0.2) is 72.8 Å². The number of ether oxygens (including phenoxy) is 2. The molecule has 172 valence electrons. The standard InChI is InChI=1S/C26H28O2.C4H7N/c1-3-28-25-14-7-6-12-24(25)26(20-15-17-21(27-2)18-16-20)23-13-8-10-19-9-4-5-11-22(19)23;1-2-5-3-4(1)5/h4-7,9,11-12,14-18,23,26H,3,8,10,13H2,1-2H3;4H,1-3H2. The maximum atomic E-state index is 6.04. The summed E-state index contributed by atoms with van der Waals surface area (Å²) in [6.07, 6.45) is 5.08. The van der Waals surface area contributed by atoms with Crippen LogP contribution >= 0.6 is 0 Å². The number of benzene rings is 3. The maximum Gasteiger partial charge on any atom is 0.123 e. The lowest BCUT2D eigenvalue weighted by Gasteiger charge is -2.34. The van der Waals surface area contributed by atoms with Gasteiger partial charge in [0.2, 0.25) is 0 Å². The molecule has 2 saturated heterocycles. The van der Waals surface area contributed by atoms with Gasteiger partial charge in [-0.05, 0) is 73.4 Å². The summed E-state index contributed by atoms with van der Waals surface area (Å²) >= 11 is 0. The number of aryl methyl sites for hydroxylation is 1. The van der Waals surface area contributed by atoms with Gasteiger partial charge in [-0.2, -0.15) is 0 Å². The van der Waals surface area contributed by atoms with Gasteiger partial charge in [0.15, 0.2) is 0 Å². The molecule has 0 spiro atoms. The van der Waals surface area contributed by atoms with E-state index in [0.717, 1.165) is 17.5 Å². The minimum absolute atomic E-state index is 0.259. The van der Waals surface area contributed by atoms with Crippen LogP contribution in [-0.4, -0.2) is 37.7 Å². The fourth-order valence-corrected chi connectivity index (χ4v) is 5.50. The third-order valence-corrected chi connectivity index (χ3v) is 7.42. The molecule has 1 aliphatic carbocycles. The van der Waals surface area contributed by atoms with E-state index in [9.17, 15) is 0 Å². The molecule has 0 saturated carbocycles. The zero-order valence-corrected chi connectivity index (χ0v) is 19.9. The molecular weight excluding hydrogens is 406 g/mol. The predicted octanol–water partition coefficient (Wildman–Crippen LogP) is 6.42. The Kier molecular flexibility index (Phi) is 6.68. The van der Waals surface area contributed by atoms with Gasteiger partial charge < -0.3 is 9.47 Å². The summed E-state index contributed by atoms with van der Waals surface area (Å²) in [5.74, 6) is 2.59. The summed E-state index contributed by atoms with van der Waals surface area (Å²) < 4.78 is 11.4. The Morgan fingerprint density at radius 1 is 0.939 bits per heavy atom. The minimum Gasteiger partial charge on any atom is -0.497 e. The number of hydrogen-bond donors (Lipinski definition) is 0. The van der Waals surface area contributed by atoms with Gasteiger partial charge in [0.1, 0.15) is 11.5 Å². The second-order valence-electron chi connectivity index (χ2n) is 9.36. The van der Waals surface area contributed by atoms with Crippen molar-refractivity contribution in [3.05, 3.63) is 95.1 Å². The lowest BCUT2D eigenvalue weighted by Crippen LogP contribution is -2.19. The minimum atomic E-state index is 0.259. The fourth-order valence-electron chi connectivity index (χ4n) is 5.50. The Hall–Kier alpha value is -2.78. The smallest absolute Gasteiger partial charge is 0.123 e. The SMILES string of the molecule is C1CN2CC12.CCOc1ccccc1C(c1ccc(OC)cc1)C1CCCc2ccccc21. The highest BCUT2D eigenvalue weighted by Crippen LogP contribution is 2.47. The van der Waals surface area contributed by atoms with Gasteiger partial charge in [0.25, 0.3) is 0 Å². The summed E-state index contributed by atoms with van der Waals surface area (Å²) in [6.45, 7) is 5.54. The Bertz CT molecular complexity index is 1050. The Morgan fingerprint density at radius 3 is 2.36 bits per heavy atom. The lowest BCUT2D eigenvalue weighted by atomic mass is 9.70. The first-order chi connectivity index (χ1) is 16.3. The van der Waals surface area contributed by atoms with Gasteiger partial charge in [0.05, 0.1) is 13.7 Å². The van der Waals surface area contributed by atoms with Crippen LogP contribution in [0, 0.1) is 0 Å². The van der Waals surface area contributed by atoms with Crippen molar-refractivity contribution in [3.63, 3.8) is 0 Å². The molecule has 0 bridgehead atoms. The van der Waals surface area contributed by atoms with Crippen molar-refractivity contribution in [1.82, 2.24) is 4.90 Å². The summed E-state index contributed by atoms with van der Waals surface area (Å²) in [6, 6.07) is 27.1. The summed E-state index contributed by atoms with van der Waals surface area (Å²) in [4.78, 5) is 2.47. The van der Waals surface area contributed by atoms with Gasteiger partial charge in [-0.25, -0.2) is 0 Å². The number of para-hydroxylation sites is 1. The number of methoxy groups -OCH3 is 1. The molecule has 4 unspecified atom stereocenters. The van der Waals surface area contributed by atoms with Gasteiger partial charge in [-0.15, -0.1) is 0 Å². The zero-order valence-electron chi connectivity index (χ0n) is 19.9. The van der Waals surface area contributed by atoms with Crippen LogP contribution in [0.3, 0.4) is 0 Å². The number of fused-ring (bicyclic) bond motifs is 2. The summed E-state index contributed by atoms with van der Waals surface area (Å²) in [5, 5.41) is 0. The molecule has 2 heterocycles. The van der Waals surface area contributed by atoms with Gasteiger partial charge in [0, 0.05) is 30.6 Å². The van der Waals surface area contributed by atoms with Crippen molar-refractivity contribution < 1.29 is 9.47 Å². The van der Waals surface area contributed by atoms with Crippen LogP contribution in [0.1, 0.15) is 60.3 Å². The van der Waals surface area contributed by atoms with Crippen molar-refractivity contribution in [1.29, 1.82) is 0 Å². The van der Waals surface area contributed by atoms with Crippen LogP contribution < -0.4 is 9.47 Å². The van der Waals surface area contributed by atoms with E-state index in [-0.39, 0.29) is 5.92 Å². The predicted molar refractivity (Wildman–Crippen MR) is 135 cm³/mol. The van der Waals surface area contributed by atoms with Gasteiger partial charge in [-0.3, -0.25) is 4.90 Å². The first kappa shape index (κ1) is 22.0. The summed E-state index contributed by atoms with van der Waals surface area (Å²) in [7, 11) is 1.72. The molecule has 2 aliphatic heterocycles. The average Bonchev–Trinajstić information content (AvgIpc) is 3.46. The molecule has 3 aliphatic rings. The molecule has 0 radical (unpaired) electrons. The molecule has 6 rings (SSSR count). The molecule has 4 atom stereocenters. The number of rotatable bonds is 6. The quantitative estimate of drug-likeness (QED) is 0.412. The average molecular weight is 442 g/mol. The molecular formula is C30H35NO2. The van der Waals surface area contributed by atoms with E-state index < -0.39 is 0 Å². The molecule has 2 fully saturated rings. The summed E-state index contributed by atoms with van der Waals surface area (Å²) in [5.41, 5.74) is 5.57. The Labute approximate surface area is 198 Å². The Balaban J connectivity index is 0.000000396. The first-order valence-corrected chi connectivity index (χ1v) is 12.5. The molecule has 3 nitrogen and oxygen atoms in total. The maximum absolute atomic E-state index is 6.04. The normalized spacial score (nSPS) is 23.0. The van der Waals surface area contributed by atoms with E-state index >= 15 is 0 Å². The Morgan fingerprint density at radius 2 is 1.70 bits per heavy atom. The number of hydrogen-bond acceptors (Lipinski definition) is 3. The van der Waals surface area contributed by atoms with Crippen LogP contribution in [0.2, 0.25) is 0 Å². The van der Waals surface area contributed by atoms with E-state index in [2.05, 4.69) is 84.6 Å². The molecule has 0 N–H and O–H groups in total. The second kappa shape index (κ2) is 10.0. The monoisotopic (exact) mass is 441 g/mol. The van der Waals surface area contributed by atoms with Crippen molar-refractivity contribution in [2.75, 3.05) is 26.8 Å².